The Kier molecular flexibility index (Phi) is 9.69. The van der Waals surface area contributed by atoms with Gasteiger partial charge in [-0.2, -0.15) is 0 Å². The normalized spacial score (nSPS) is 21.4. The fourth-order valence-electron chi connectivity index (χ4n) is 4.31. The average molecular weight is 507 g/mol. The first-order valence-electron chi connectivity index (χ1n) is 10.2. The third kappa shape index (κ3) is 5.98. The Balaban J connectivity index is 0.00000261. The van der Waals surface area contributed by atoms with Crippen molar-refractivity contribution in [1.82, 2.24) is 25.0 Å². The third-order valence-corrected chi connectivity index (χ3v) is 6.28. The Morgan fingerprint density at radius 2 is 2.00 bits per heavy atom. The standard InChI is InChI=1S/C19H34N6S.HI/c1-15-8-7-13-24(14-15)18(20-2)21-12-6-11-17-22-23-19(26-3)25(17)16-9-4-5-10-16;/h15-16H,4-14H2,1-3H3,(H,20,21);1H. The highest BCUT2D eigenvalue weighted by Gasteiger charge is 2.23. The zero-order chi connectivity index (χ0) is 18.4. The van der Waals surface area contributed by atoms with E-state index in [4.69, 9.17) is 0 Å². The molecular weight excluding hydrogens is 471 g/mol. The lowest BCUT2D eigenvalue weighted by atomic mass is 10.0. The quantitative estimate of drug-likeness (QED) is 0.208. The van der Waals surface area contributed by atoms with Crippen LogP contribution in [0, 0.1) is 5.92 Å². The van der Waals surface area contributed by atoms with Crippen LogP contribution in [-0.4, -0.2) is 58.6 Å². The summed E-state index contributed by atoms with van der Waals surface area (Å²) in [6.45, 7) is 5.51. The SMILES string of the molecule is CN=C(NCCCc1nnc(SC)n1C1CCCC1)N1CCCC(C)C1.I. The van der Waals surface area contributed by atoms with Crippen LogP contribution < -0.4 is 5.32 Å². The van der Waals surface area contributed by atoms with Gasteiger partial charge in [-0.05, 0) is 44.3 Å². The number of hydrogen-bond acceptors (Lipinski definition) is 4. The summed E-state index contributed by atoms with van der Waals surface area (Å²) in [6.07, 6.45) is 12.0. The van der Waals surface area contributed by atoms with E-state index >= 15 is 0 Å². The summed E-state index contributed by atoms with van der Waals surface area (Å²) in [7, 11) is 1.89. The zero-order valence-electron chi connectivity index (χ0n) is 17.0. The van der Waals surface area contributed by atoms with Crippen molar-refractivity contribution < 1.29 is 0 Å². The molecule has 1 atom stereocenters. The average Bonchev–Trinajstić information content (AvgIpc) is 3.30. The molecule has 2 heterocycles. The minimum Gasteiger partial charge on any atom is -0.356 e. The van der Waals surface area contributed by atoms with Crippen molar-refractivity contribution >= 4 is 41.7 Å². The van der Waals surface area contributed by atoms with Crippen LogP contribution in [0.3, 0.4) is 0 Å². The van der Waals surface area contributed by atoms with Crippen molar-refractivity contribution in [2.75, 3.05) is 32.9 Å². The van der Waals surface area contributed by atoms with E-state index < -0.39 is 0 Å². The Hall–Kier alpha value is -0.510. The minimum atomic E-state index is 0. The molecule has 1 saturated carbocycles. The lowest BCUT2D eigenvalue weighted by Gasteiger charge is -2.33. The van der Waals surface area contributed by atoms with E-state index in [1.807, 2.05) is 7.05 Å². The number of rotatable bonds is 6. The van der Waals surface area contributed by atoms with E-state index in [1.165, 1.54) is 38.5 Å². The van der Waals surface area contributed by atoms with Crippen LogP contribution in [0.1, 0.15) is 63.7 Å². The number of likely N-dealkylation sites (tertiary alicyclic amines) is 1. The molecule has 1 aliphatic carbocycles. The highest BCUT2D eigenvalue weighted by atomic mass is 127. The van der Waals surface area contributed by atoms with Gasteiger partial charge in [0.25, 0.3) is 0 Å². The van der Waals surface area contributed by atoms with E-state index in [0.717, 1.165) is 55.3 Å². The molecule has 8 heteroatoms. The summed E-state index contributed by atoms with van der Waals surface area (Å²) in [5.41, 5.74) is 0. The smallest absolute Gasteiger partial charge is 0.193 e. The molecule has 1 aromatic rings. The number of halogens is 1. The minimum absolute atomic E-state index is 0. The monoisotopic (exact) mass is 506 g/mol. The van der Waals surface area contributed by atoms with E-state index in [-0.39, 0.29) is 24.0 Å². The Labute approximate surface area is 185 Å². The van der Waals surface area contributed by atoms with Crippen LogP contribution in [0.25, 0.3) is 0 Å². The van der Waals surface area contributed by atoms with Crippen molar-refractivity contribution in [1.29, 1.82) is 0 Å². The van der Waals surface area contributed by atoms with Crippen molar-refractivity contribution in [3.8, 4) is 0 Å². The maximum absolute atomic E-state index is 4.49. The highest BCUT2D eigenvalue weighted by molar-refractivity contribution is 14.0. The lowest BCUT2D eigenvalue weighted by Crippen LogP contribution is -2.46. The molecule has 1 saturated heterocycles. The van der Waals surface area contributed by atoms with Crippen molar-refractivity contribution in [3.05, 3.63) is 5.82 Å². The molecule has 154 valence electrons. The van der Waals surface area contributed by atoms with Crippen LogP contribution in [0.2, 0.25) is 0 Å². The molecule has 6 nitrogen and oxygen atoms in total. The summed E-state index contributed by atoms with van der Waals surface area (Å²) < 4.78 is 2.42. The predicted octanol–water partition coefficient (Wildman–Crippen LogP) is 3.97. The van der Waals surface area contributed by atoms with Gasteiger partial charge in [0.2, 0.25) is 0 Å². The number of thioether (sulfide) groups is 1. The van der Waals surface area contributed by atoms with Gasteiger partial charge in [0.05, 0.1) is 0 Å². The van der Waals surface area contributed by atoms with Gasteiger partial charge in [-0.1, -0.05) is 31.5 Å². The van der Waals surface area contributed by atoms with Crippen LogP contribution >= 0.6 is 35.7 Å². The van der Waals surface area contributed by atoms with Gasteiger partial charge >= 0.3 is 0 Å². The van der Waals surface area contributed by atoms with Gasteiger partial charge < -0.3 is 14.8 Å². The van der Waals surface area contributed by atoms with Gasteiger partial charge in [-0.15, -0.1) is 34.2 Å². The van der Waals surface area contributed by atoms with Crippen molar-refractivity contribution in [2.45, 2.75) is 69.5 Å². The summed E-state index contributed by atoms with van der Waals surface area (Å²) >= 11 is 1.72. The Bertz CT molecular complexity index is 599. The van der Waals surface area contributed by atoms with Crippen LogP contribution in [0.4, 0.5) is 0 Å². The lowest BCUT2D eigenvalue weighted by molar-refractivity contribution is 0.266. The van der Waals surface area contributed by atoms with Gasteiger partial charge in [-0.3, -0.25) is 4.99 Å². The molecule has 1 aliphatic heterocycles. The first kappa shape index (κ1) is 22.8. The molecular formula is C19H35IN6S. The maximum Gasteiger partial charge on any atom is 0.193 e. The number of piperidine rings is 1. The van der Waals surface area contributed by atoms with Crippen LogP contribution in [0.5, 0.6) is 0 Å². The molecule has 2 fully saturated rings. The first-order chi connectivity index (χ1) is 12.7. The molecule has 0 aromatic carbocycles. The topological polar surface area (TPSA) is 58.3 Å². The van der Waals surface area contributed by atoms with Gasteiger partial charge in [-0.25, -0.2) is 0 Å². The third-order valence-electron chi connectivity index (χ3n) is 5.64. The molecule has 3 rings (SSSR count). The molecule has 2 aliphatic rings. The second kappa shape index (κ2) is 11.5. The van der Waals surface area contributed by atoms with E-state index in [9.17, 15) is 0 Å². The number of aryl methyl sites for hydroxylation is 1. The molecule has 0 bridgehead atoms. The number of aromatic nitrogens is 3. The van der Waals surface area contributed by atoms with Gasteiger partial charge in [0.15, 0.2) is 11.1 Å². The van der Waals surface area contributed by atoms with Gasteiger partial charge in [0.1, 0.15) is 5.82 Å². The van der Waals surface area contributed by atoms with E-state index in [2.05, 4.69) is 43.2 Å². The summed E-state index contributed by atoms with van der Waals surface area (Å²) in [4.78, 5) is 6.89. The molecule has 1 unspecified atom stereocenters. The molecule has 1 aromatic heterocycles. The molecule has 0 amide bonds. The molecule has 27 heavy (non-hydrogen) atoms. The fourth-order valence-corrected chi connectivity index (χ4v) is 4.88. The van der Waals surface area contributed by atoms with Crippen molar-refractivity contribution in [2.24, 2.45) is 10.9 Å². The number of aliphatic imine (C=N–C) groups is 1. The van der Waals surface area contributed by atoms with E-state index in [0.29, 0.717) is 6.04 Å². The Morgan fingerprint density at radius 3 is 2.67 bits per heavy atom. The van der Waals surface area contributed by atoms with E-state index in [1.54, 1.807) is 11.8 Å². The summed E-state index contributed by atoms with van der Waals surface area (Å²) in [6, 6.07) is 0.609. The molecule has 0 radical (unpaired) electrons. The van der Waals surface area contributed by atoms with Crippen LogP contribution in [0.15, 0.2) is 10.1 Å². The summed E-state index contributed by atoms with van der Waals surface area (Å²) in [5, 5.41) is 13.5. The highest BCUT2D eigenvalue weighted by Crippen LogP contribution is 2.33. The first-order valence-corrected chi connectivity index (χ1v) is 11.4. The fraction of sp³-hybridized carbons (Fsp3) is 0.842. The maximum atomic E-state index is 4.49. The predicted molar refractivity (Wildman–Crippen MR) is 124 cm³/mol. The second-order valence-electron chi connectivity index (χ2n) is 7.68. The number of guanidine groups is 1. The number of hydrogen-bond donors (Lipinski definition) is 1. The number of nitrogens with zero attached hydrogens (tertiary/aromatic N) is 5. The Morgan fingerprint density at radius 1 is 1.22 bits per heavy atom. The number of nitrogens with one attached hydrogen (secondary N) is 1. The second-order valence-corrected chi connectivity index (χ2v) is 8.46. The molecule has 0 spiro atoms. The van der Waals surface area contributed by atoms with Gasteiger partial charge in [0, 0.05) is 39.1 Å². The largest absolute Gasteiger partial charge is 0.356 e. The summed E-state index contributed by atoms with van der Waals surface area (Å²) in [5.74, 6) is 2.97. The zero-order valence-corrected chi connectivity index (χ0v) is 20.1. The van der Waals surface area contributed by atoms with Crippen LogP contribution in [-0.2, 0) is 6.42 Å². The van der Waals surface area contributed by atoms with Crippen molar-refractivity contribution in [3.63, 3.8) is 0 Å². The molecule has 1 N–H and O–H groups in total.